The molecule has 0 radical (unpaired) electrons. The van der Waals surface area contributed by atoms with Gasteiger partial charge in [-0.25, -0.2) is 0 Å². The van der Waals surface area contributed by atoms with Crippen molar-refractivity contribution in [2.24, 2.45) is 0 Å². The van der Waals surface area contributed by atoms with E-state index in [1.165, 1.54) is 65.1 Å². The van der Waals surface area contributed by atoms with Crippen LogP contribution in [0.3, 0.4) is 0 Å². The van der Waals surface area contributed by atoms with Gasteiger partial charge in [0.1, 0.15) is 18.1 Å². The van der Waals surface area contributed by atoms with Crippen molar-refractivity contribution >= 4 is 35.6 Å². The standard InChI is InChI=1S/C23H38O9S/c1-6-7-8-9-10-11-12-13-33-23-22(31-18(5)27)21(30-17(4)26)20(29-16(3)25)19(32-23)14-28-15(2)24/h19-23H,6-14H2,1-5H3/t19-,20-,21+,22-,23+/m1/s1. The zero-order valence-corrected chi connectivity index (χ0v) is 21.1. The Morgan fingerprint density at radius 1 is 0.697 bits per heavy atom. The Kier molecular flexibility index (Phi) is 14.1. The number of ether oxygens (including phenoxy) is 5. The number of hydrogen-bond donors (Lipinski definition) is 0. The maximum Gasteiger partial charge on any atom is 0.303 e. The van der Waals surface area contributed by atoms with Crippen LogP contribution in [-0.4, -0.2) is 66.1 Å². The number of esters is 4. The molecule has 10 heteroatoms. The minimum atomic E-state index is -1.11. The average Bonchev–Trinajstić information content (AvgIpc) is 2.71. The van der Waals surface area contributed by atoms with E-state index < -0.39 is 53.7 Å². The van der Waals surface area contributed by atoms with E-state index >= 15 is 0 Å². The van der Waals surface area contributed by atoms with Gasteiger partial charge in [0.25, 0.3) is 0 Å². The van der Waals surface area contributed by atoms with Gasteiger partial charge in [-0.15, -0.1) is 11.8 Å². The van der Waals surface area contributed by atoms with Crippen LogP contribution in [0, 0.1) is 0 Å². The second kappa shape index (κ2) is 15.9. The van der Waals surface area contributed by atoms with Crippen LogP contribution in [0.5, 0.6) is 0 Å². The van der Waals surface area contributed by atoms with Crippen molar-refractivity contribution in [1.82, 2.24) is 0 Å². The fourth-order valence-corrected chi connectivity index (χ4v) is 4.81. The molecule has 0 aromatic carbocycles. The normalized spacial score (nSPS) is 24.6. The molecule has 1 heterocycles. The highest BCUT2D eigenvalue weighted by Crippen LogP contribution is 2.34. The lowest BCUT2D eigenvalue weighted by Crippen LogP contribution is -2.61. The van der Waals surface area contributed by atoms with Gasteiger partial charge >= 0.3 is 23.9 Å². The molecule has 0 aliphatic carbocycles. The molecule has 9 nitrogen and oxygen atoms in total. The molecule has 1 saturated heterocycles. The molecule has 1 aliphatic heterocycles. The summed E-state index contributed by atoms with van der Waals surface area (Å²) in [4.78, 5) is 46.7. The smallest absolute Gasteiger partial charge is 0.303 e. The molecular formula is C23H38O9S. The maximum absolute atomic E-state index is 11.8. The van der Waals surface area contributed by atoms with Crippen LogP contribution in [0.25, 0.3) is 0 Å². The number of unbranched alkanes of at least 4 members (excludes halogenated alkanes) is 6. The first kappa shape index (κ1) is 29.2. The van der Waals surface area contributed by atoms with Crippen LogP contribution in [0.1, 0.15) is 79.6 Å². The van der Waals surface area contributed by atoms with Crippen molar-refractivity contribution in [1.29, 1.82) is 0 Å². The lowest BCUT2D eigenvalue weighted by Gasteiger charge is -2.44. The Morgan fingerprint density at radius 3 is 1.76 bits per heavy atom. The Balaban J connectivity index is 2.95. The first-order chi connectivity index (χ1) is 15.6. The molecule has 0 aromatic rings. The highest BCUT2D eigenvalue weighted by Gasteiger charge is 2.52. The van der Waals surface area contributed by atoms with Crippen LogP contribution < -0.4 is 0 Å². The topological polar surface area (TPSA) is 114 Å². The van der Waals surface area contributed by atoms with Crippen molar-refractivity contribution in [3.8, 4) is 0 Å². The summed E-state index contributed by atoms with van der Waals surface area (Å²) in [5.41, 5.74) is -0.689. The predicted molar refractivity (Wildman–Crippen MR) is 122 cm³/mol. The van der Waals surface area contributed by atoms with Crippen LogP contribution in [0.4, 0.5) is 0 Å². The molecule has 0 aromatic heterocycles. The molecule has 1 aliphatic rings. The molecule has 0 unspecified atom stereocenters. The van der Waals surface area contributed by atoms with Gasteiger partial charge in [0, 0.05) is 27.7 Å². The highest BCUT2D eigenvalue weighted by atomic mass is 32.2. The van der Waals surface area contributed by atoms with Gasteiger partial charge in [-0.3, -0.25) is 19.2 Å². The van der Waals surface area contributed by atoms with E-state index in [4.69, 9.17) is 23.7 Å². The van der Waals surface area contributed by atoms with E-state index in [0.29, 0.717) is 0 Å². The number of rotatable bonds is 14. The van der Waals surface area contributed by atoms with E-state index in [0.717, 1.165) is 25.0 Å². The molecule has 1 fully saturated rings. The van der Waals surface area contributed by atoms with Crippen LogP contribution >= 0.6 is 11.8 Å². The SMILES string of the molecule is CCCCCCCCCS[C@@H]1O[C@H](COC(C)=O)[C@@H](OC(C)=O)[C@H](OC(C)=O)[C@H]1OC(C)=O. The Hall–Kier alpha value is -1.81. The van der Waals surface area contributed by atoms with Gasteiger partial charge in [-0.05, 0) is 12.2 Å². The van der Waals surface area contributed by atoms with Crippen molar-refractivity contribution in [2.75, 3.05) is 12.4 Å². The van der Waals surface area contributed by atoms with Crippen molar-refractivity contribution in [3.05, 3.63) is 0 Å². The summed E-state index contributed by atoms with van der Waals surface area (Å²) in [7, 11) is 0. The number of carbonyl (C=O) groups excluding carboxylic acids is 4. The van der Waals surface area contributed by atoms with Gasteiger partial charge in [0.15, 0.2) is 18.3 Å². The molecule has 0 spiro atoms. The molecule has 0 saturated carbocycles. The van der Waals surface area contributed by atoms with E-state index in [-0.39, 0.29) is 6.61 Å². The fourth-order valence-electron chi connectivity index (χ4n) is 3.58. The zero-order chi connectivity index (χ0) is 24.8. The minimum absolute atomic E-state index is 0.202. The summed E-state index contributed by atoms with van der Waals surface area (Å²) in [6, 6.07) is 0. The van der Waals surface area contributed by atoms with E-state index in [9.17, 15) is 19.2 Å². The largest absolute Gasteiger partial charge is 0.463 e. The molecule has 33 heavy (non-hydrogen) atoms. The lowest BCUT2D eigenvalue weighted by molar-refractivity contribution is -0.237. The summed E-state index contributed by atoms with van der Waals surface area (Å²) < 4.78 is 27.4. The van der Waals surface area contributed by atoms with Crippen molar-refractivity contribution in [2.45, 2.75) is 109 Å². The van der Waals surface area contributed by atoms with Crippen molar-refractivity contribution < 1.29 is 42.9 Å². The monoisotopic (exact) mass is 490 g/mol. The van der Waals surface area contributed by atoms with Gasteiger partial charge in [-0.1, -0.05) is 45.4 Å². The summed E-state index contributed by atoms with van der Waals surface area (Å²) in [5, 5.41) is 0. The molecular weight excluding hydrogens is 452 g/mol. The summed E-state index contributed by atoms with van der Waals surface area (Å²) >= 11 is 1.43. The van der Waals surface area contributed by atoms with Gasteiger partial charge in [0.2, 0.25) is 0 Å². The van der Waals surface area contributed by atoms with Gasteiger partial charge < -0.3 is 23.7 Å². The van der Waals surface area contributed by atoms with E-state index in [1.54, 1.807) is 0 Å². The van der Waals surface area contributed by atoms with Crippen molar-refractivity contribution in [3.63, 3.8) is 0 Å². The molecule has 190 valence electrons. The summed E-state index contributed by atoms with van der Waals surface area (Å²) in [6.07, 6.45) is 3.99. The van der Waals surface area contributed by atoms with Gasteiger partial charge in [0.05, 0.1) is 0 Å². The second-order valence-corrected chi connectivity index (χ2v) is 9.27. The Bertz CT molecular complexity index is 639. The molecule has 0 amide bonds. The molecule has 5 atom stereocenters. The quantitative estimate of drug-likeness (QED) is 0.203. The second-order valence-electron chi connectivity index (χ2n) is 8.06. The maximum atomic E-state index is 11.8. The van der Waals surface area contributed by atoms with Crippen LogP contribution in [-0.2, 0) is 42.9 Å². The van der Waals surface area contributed by atoms with E-state index in [1.807, 2.05) is 0 Å². The predicted octanol–water partition coefficient (Wildman–Crippen LogP) is 3.55. The van der Waals surface area contributed by atoms with E-state index in [2.05, 4.69) is 6.92 Å². The van der Waals surface area contributed by atoms with Crippen LogP contribution in [0.2, 0.25) is 0 Å². The number of hydrogen-bond acceptors (Lipinski definition) is 10. The van der Waals surface area contributed by atoms with Crippen LogP contribution in [0.15, 0.2) is 0 Å². The molecule has 0 N–H and O–H groups in total. The molecule has 0 bridgehead atoms. The minimum Gasteiger partial charge on any atom is -0.463 e. The number of carbonyl (C=O) groups is 4. The lowest BCUT2D eigenvalue weighted by atomic mass is 9.99. The third-order valence-corrected chi connectivity index (χ3v) is 6.21. The fraction of sp³-hybridized carbons (Fsp3) is 0.826. The third kappa shape index (κ3) is 11.7. The Morgan fingerprint density at radius 2 is 1.21 bits per heavy atom. The number of thioether (sulfide) groups is 1. The third-order valence-electron chi connectivity index (χ3n) is 4.98. The average molecular weight is 491 g/mol. The first-order valence-electron chi connectivity index (χ1n) is 11.6. The Labute approximate surface area is 200 Å². The zero-order valence-electron chi connectivity index (χ0n) is 20.3. The summed E-state index contributed by atoms with van der Waals surface area (Å²) in [6.45, 7) is 6.90. The first-order valence-corrected chi connectivity index (χ1v) is 12.6. The highest BCUT2D eigenvalue weighted by molar-refractivity contribution is 7.99. The molecule has 1 rings (SSSR count). The van der Waals surface area contributed by atoms with Gasteiger partial charge in [-0.2, -0.15) is 0 Å². The summed E-state index contributed by atoms with van der Waals surface area (Å²) in [5.74, 6) is -1.63.